The number of carbonyl (C=O) groups excluding carboxylic acids is 1. The second-order valence-electron chi connectivity index (χ2n) is 19.1. The van der Waals surface area contributed by atoms with Gasteiger partial charge in [0, 0.05) is 6.42 Å². The lowest BCUT2D eigenvalue weighted by molar-refractivity contribution is -0.124. The molecule has 0 radical (unpaired) electrons. The molecule has 0 aliphatic heterocycles. The van der Waals surface area contributed by atoms with Gasteiger partial charge in [0.25, 0.3) is 0 Å². The van der Waals surface area contributed by atoms with Gasteiger partial charge in [-0.15, -0.1) is 0 Å². The van der Waals surface area contributed by atoms with E-state index in [0.29, 0.717) is 12.8 Å². The van der Waals surface area contributed by atoms with Crippen LogP contribution in [0.5, 0.6) is 0 Å². The highest BCUT2D eigenvalue weighted by molar-refractivity contribution is 5.76. The van der Waals surface area contributed by atoms with E-state index in [0.717, 1.165) is 44.9 Å². The van der Waals surface area contributed by atoms with Crippen LogP contribution in [0.15, 0.2) is 24.3 Å². The smallest absolute Gasteiger partial charge is 0.220 e. The zero-order valence-electron chi connectivity index (χ0n) is 41.3. The minimum atomic E-state index is -1.16. The van der Waals surface area contributed by atoms with Crippen molar-refractivity contribution < 1.29 is 20.1 Å². The van der Waals surface area contributed by atoms with Gasteiger partial charge < -0.3 is 20.6 Å². The number of carbonyl (C=O) groups is 1. The summed E-state index contributed by atoms with van der Waals surface area (Å²) >= 11 is 0. The van der Waals surface area contributed by atoms with Crippen molar-refractivity contribution in [2.24, 2.45) is 0 Å². The highest BCUT2D eigenvalue weighted by Crippen LogP contribution is 2.18. The molecular weight excluding hydrogens is 751 g/mol. The highest BCUT2D eigenvalue weighted by atomic mass is 16.3. The number of hydrogen-bond donors (Lipinski definition) is 4. The largest absolute Gasteiger partial charge is 0.394 e. The van der Waals surface area contributed by atoms with Crippen molar-refractivity contribution >= 4 is 5.91 Å². The molecule has 4 N–H and O–H groups in total. The van der Waals surface area contributed by atoms with Crippen molar-refractivity contribution in [3.63, 3.8) is 0 Å². The highest BCUT2D eigenvalue weighted by Gasteiger charge is 2.26. The number of amides is 1. The Labute approximate surface area is 382 Å². The van der Waals surface area contributed by atoms with Crippen LogP contribution in [0.3, 0.4) is 0 Å². The fourth-order valence-electron chi connectivity index (χ4n) is 8.90. The van der Waals surface area contributed by atoms with Crippen molar-refractivity contribution in [3.05, 3.63) is 24.3 Å². The fraction of sp³-hybridized carbons (Fsp3) is 0.911. The minimum absolute atomic E-state index is 0.157. The van der Waals surface area contributed by atoms with E-state index in [1.807, 2.05) is 6.92 Å². The maximum absolute atomic E-state index is 12.4. The summed E-state index contributed by atoms with van der Waals surface area (Å²) < 4.78 is 0. The Morgan fingerprint density at radius 3 is 1.03 bits per heavy atom. The maximum Gasteiger partial charge on any atom is 0.220 e. The average Bonchev–Trinajstić information content (AvgIpc) is 3.26. The van der Waals surface area contributed by atoms with Gasteiger partial charge in [-0.05, 0) is 45.4 Å². The van der Waals surface area contributed by atoms with E-state index in [-0.39, 0.29) is 12.5 Å². The molecule has 0 saturated carbocycles. The van der Waals surface area contributed by atoms with Crippen LogP contribution in [0.1, 0.15) is 303 Å². The van der Waals surface area contributed by atoms with Crippen molar-refractivity contribution in [1.29, 1.82) is 0 Å². The Balaban J connectivity index is 3.34. The number of unbranched alkanes of at least 4 members (excludes halogenated alkanes) is 40. The standard InChI is InChI=1S/C56H109NO4/c1-3-5-7-9-11-13-14-15-16-17-18-19-20-21-22-23-24-25-26-27-28-29-30-31-32-33-34-35-36-37-38-39-40-41-42-43-45-47-49-51-55(60)57-53(52-58)56(61)54(59)50-48-46-44-12-10-8-6-4-2/h4,6,12,44,53-54,56,58-59,61H,3,5,7-11,13-43,45-52H2,1-2H3,(H,57,60)/b6-4+,44-12+. The van der Waals surface area contributed by atoms with Gasteiger partial charge in [0.2, 0.25) is 5.91 Å². The molecule has 0 aromatic rings. The zero-order chi connectivity index (χ0) is 44.4. The Morgan fingerprint density at radius 2 is 0.721 bits per heavy atom. The molecule has 5 heteroatoms. The molecule has 1 amide bonds. The lowest BCUT2D eigenvalue weighted by atomic mass is 10.0. The van der Waals surface area contributed by atoms with Crippen LogP contribution in [0.4, 0.5) is 0 Å². The molecule has 5 nitrogen and oxygen atoms in total. The summed E-state index contributed by atoms with van der Waals surface area (Å²) in [6.07, 6.45) is 65.5. The minimum Gasteiger partial charge on any atom is -0.394 e. The van der Waals surface area contributed by atoms with Crippen molar-refractivity contribution in [2.45, 2.75) is 321 Å². The molecule has 3 atom stereocenters. The van der Waals surface area contributed by atoms with Gasteiger partial charge in [-0.2, -0.15) is 0 Å². The van der Waals surface area contributed by atoms with Crippen LogP contribution >= 0.6 is 0 Å². The molecule has 362 valence electrons. The first-order valence-corrected chi connectivity index (χ1v) is 27.6. The first-order valence-electron chi connectivity index (χ1n) is 27.6. The molecule has 0 fully saturated rings. The Hall–Kier alpha value is -1.17. The normalized spacial score (nSPS) is 13.5. The van der Waals surface area contributed by atoms with Gasteiger partial charge in [-0.25, -0.2) is 0 Å². The lowest BCUT2D eigenvalue weighted by Crippen LogP contribution is -2.50. The molecule has 61 heavy (non-hydrogen) atoms. The van der Waals surface area contributed by atoms with Crippen molar-refractivity contribution in [3.8, 4) is 0 Å². The summed E-state index contributed by atoms with van der Waals surface area (Å²) in [6, 6.07) is -0.827. The summed E-state index contributed by atoms with van der Waals surface area (Å²) in [4.78, 5) is 12.4. The third-order valence-electron chi connectivity index (χ3n) is 13.1. The van der Waals surface area contributed by atoms with Gasteiger partial charge in [-0.3, -0.25) is 4.79 Å². The molecule has 0 aromatic carbocycles. The monoisotopic (exact) mass is 860 g/mol. The first-order chi connectivity index (χ1) is 30.1. The van der Waals surface area contributed by atoms with E-state index >= 15 is 0 Å². The number of aliphatic hydroxyl groups is 3. The van der Waals surface area contributed by atoms with Gasteiger partial charge >= 0.3 is 0 Å². The number of rotatable bonds is 51. The quantitative estimate of drug-likeness (QED) is 0.0362. The Bertz CT molecular complexity index is 905. The van der Waals surface area contributed by atoms with Crippen LogP contribution in [-0.2, 0) is 4.79 Å². The molecule has 0 aliphatic carbocycles. The van der Waals surface area contributed by atoms with Crippen LogP contribution in [0, 0.1) is 0 Å². The molecule has 0 heterocycles. The molecule has 0 rings (SSSR count). The van der Waals surface area contributed by atoms with Crippen LogP contribution in [0.2, 0.25) is 0 Å². The summed E-state index contributed by atoms with van der Waals surface area (Å²) in [7, 11) is 0. The van der Waals surface area contributed by atoms with Crippen molar-refractivity contribution in [1.82, 2.24) is 5.32 Å². The van der Waals surface area contributed by atoms with Gasteiger partial charge in [-0.1, -0.05) is 275 Å². The predicted molar refractivity (Wildman–Crippen MR) is 268 cm³/mol. The molecule has 0 spiro atoms. The lowest BCUT2D eigenvalue weighted by Gasteiger charge is -2.26. The predicted octanol–water partition coefficient (Wildman–Crippen LogP) is 16.9. The SMILES string of the molecule is C/C=C/CC/C=C/CCCC(O)C(O)C(CO)NC(=O)CCCCCCCCCCCCCCCCCCCCCCCCCCCCCCCCCCCCCCCCC. The summed E-state index contributed by atoms with van der Waals surface area (Å²) in [6.45, 7) is 3.94. The number of hydrogen-bond acceptors (Lipinski definition) is 4. The molecule has 0 aromatic heterocycles. The van der Waals surface area contributed by atoms with E-state index in [4.69, 9.17) is 0 Å². The average molecular weight is 860 g/mol. The molecule has 0 saturated heterocycles. The third-order valence-corrected chi connectivity index (χ3v) is 13.1. The van der Waals surface area contributed by atoms with Gasteiger partial charge in [0.1, 0.15) is 6.10 Å². The molecule has 0 bridgehead atoms. The Morgan fingerprint density at radius 1 is 0.426 bits per heavy atom. The van der Waals surface area contributed by atoms with Crippen molar-refractivity contribution in [2.75, 3.05) is 6.61 Å². The van der Waals surface area contributed by atoms with E-state index in [1.165, 1.54) is 231 Å². The summed E-state index contributed by atoms with van der Waals surface area (Å²) in [5.41, 5.74) is 0. The molecular formula is C56H109NO4. The van der Waals surface area contributed by atoms with Crippen LogP contribution in [-0.4, -0.2) is 46.1 Å². The van der Waals surface area contributed by atoms with Crippen LogP contribution in [0.25, 0.3) is 0 Å². The molecule has 3 unspecified atom stereocenters. The number of allylic oxidation sites excluding steroid dienone is 4. The van der Waals surface area contributed by atoms with E-state index in [2.05, 4.69) is 36.5 Å². The topological polar surface area (TPSA) is 89.8 Å². The van der Waals surface area contributed by atoms with Crippen LogP contribution < -0.4 is 5.32 Å². The maximum atomic E-state index is 12.4. The van der Waals surface area contributed by atoms with Gasteiger partial charge in [0.15, 0.2) is 0 Å². The second-order valence-corrected chi connectivity index (χ2v) is 19.1. The summed E-state index contributed by atoms with van der Waals surface area (Å²) in [5, 5.41) is 33.3. The molecule has 0 aliphatic rings. The van der Waals surface area contributed by atoms with Gasteiger partial charge in [0.05, 0.1) is 18.8 Å². The van der Waals surface area contributed by atoms with E-state index < -0.39 is 18.2 Å². The third kappa shape index (κ3) is 46.6. The zero-order valence-corrected chi connectivity index (χ0v) is 41.3. The second kappa shape index (κ2) is 51.5. The summed E-state index contributed by atoms with van der Waals surface area (Å²) in [5.74, 6) is -0.157. The van der Waals surface area contributed by atoms with E-state index in [9.17, 15) is 20.1 Å². The Kier molecular flexibility index (Phi) is 50.5. The first kappa shape index (κ1) is 59.8. The number of aliphatic hydroxyl groups excluding tert-OH is 3. The number of nitrogens with one attached hydrogen (secondary N) is 1. The fourth-order valence-corrected chi connectivity index (χ4v) is 8.90. The van der Waals surface area contributed by atoms with E-state index in [1.54, 1.807) is 0 Å².